The van der Waals surface area contributed by atoms with E-state index in [4.69, 9.17) is 28.3 Å². The summed E-state index contributed by atoms with van der Waals surface area (Å²) in [7, 11) is 0. The van der Waals surface area contributed by atoms with Crippen LogP contribution < -0.4 is 4.90 Å². The molecule has 2 aromatic heterocycles. The number of hydrogen-bond donors (Lipinski definition) is 1. The van der Waals surface area contributed by atoms with Crippen LogP contribution in [-0.4, -0.2) is 103 Å². The van der Waals surface area contributed by atoms with Crippen molar-refractivity contribution in [2.24, 2.45) is 5.92 Å². The van der Waals surface area contributed by atoms with Crippen molar-refractivity contribution in [3.8, 4) is 11.1 Å². The molecule has 5 saturated heterocycles. The second kappa shape index (κ2) is 11.9. The number of aromatic nitrogens is 4. The normalized spacial score (nSPS) is 25.2. The largest absolute Gasteiger partial charge is 0.349 e. The third-order valence-electron chi connectivity index (χ3n) is 11.0. The second-order valence-electron chi connectivity index (χ2n) is 14.4. The summed E-state index contributed by atoms with van der Waals surface area (Å²) in [4.78, 5) is 33.4. The minimum absolute atomic E-state index is 0.0209. The SMILES string of the molecule is C=CC(=O)N1CCC(n2nc(N3CC[C@@H](CN4CC5C[C@@H](C4)N5C(C)=O)CC3(C)C)c(-c3c(Cl)c(Cl)cc4[nH]ncc34)c2C)CC1. The van der Waals surface area contributed by atoms with Crippen molar-refractivity contribution in [2.75, 3.05) is 44.2 Å². The van der Waals surface area contributed by atoms with Crippen LogP contribution >= 0.6 is 23.2 Å². The van der Waals surface area contributed by atoms with Crippen LogP contribution in [0.2, 0.25) is 10.0 Å². The molecule has 1 N–H and O–H groups in total. The van der Waals surface area contributed by atoms with Crippen LogP contribution in [0.15, 0.2) is 24.9 Å². The first-order valence-corrected chi connectivity index (χ1v) is 17.3. The van der Waals surface area contributed by atoms with Crippen molar-refractivity contribution < 1.29 is 9.59 Å². The van der Waals surface area contributed by atoms with Crippen molar-refractivity contribution >= 4 is 51.7 Å². The number of nitrogens with one attached hydrogen (secondary N) is 1. The van der Waals surface area contributed by atoms with Gasteiger partial charge in [-0.3, -0.25) is 24.3 Å². The molecule has 10 nitrogen and oxygen atoms in total. The molecule has 2 amide bonds. The third-order valence-corrected chi connectivity index (χ3v) is 11.8. The van der Waals surface area contributed by atoms with Gasteiger partial charge >= 0.3 is 0 Å². The van der Waals surface area contributed by atoms with Crippen LogP contribution in [-0.2, 0) is 9.59 Å². The van der Waals surface area contributed by atoms with E-state index < -0.39 is 0 Å². The Morgan fingerprint density at radius 1 is 1.09 bits per heavy atom. The van der Waals surface area contributed by atoms with E-state index in [1.54, 1.807) is 6.92 Å². The maximum absolute atomic E-state index is 12.3. The number of nitrogens with zero attached hydrogens (tertiary/aromatic N) is 7. The molecule has 2 bridgehead atoms. The number of H-pyrrole nitrogens is 1. The number of piperidine rings is 3. The summed E-state index contributed by atoms with van der Waals surface area (Å²) >= 11 is 13.8. The zero-order valence-corrected chi connectivity index (χ0v) is 28.7. The highest BCUT2D eigenvalue weighted by atomic mass is 35.5. The first-order valence-electron chi connectivity index (χ1n) is 16.6. The van der Waals surface area contributed by atoms with Gasteiger partial charge in [0.2, 0.25) is 11.8 Å². The number of likely N-dealkylation sites (tertiary alicyclic amines) is 1. The van der Waals surface area contributed by atoms with E-state index >= 15 is 0 Å². The molecule has 5 aliphatic heterocycles. The average Bonchev–Trinajstić information content (AvgIpc) is 3.60. The Bertz CT molecular complexity index is 1680. The summed E-state index contributed by atoms with van der Waals surface area (Å²) in [5.74, 6) is 1.67. The molecule has 0 spiro atoms. The van der Waals surface area contributed by atoms with Crippen LogP contribution in [0.3, 0.4) is 0 Å². The van der Waals surface area contributed by atoms with Gasteiger partial charge < -0.3 is 14.7 Å². The van der Waals surface area contributed by atoms with Gasteiger partial charge in [-0.2, -0.15) is 10.2 Å². The van der Waals surface area contributed by atoms with Crippen molar-refractivity contribution in [3.05, 3.63) is 40.7 Å². The van der Waals surface area contributed by atoms with Crippen LogP contribution in [0.5, 0.6) is 0 Å². The summed E-state index contributed by atoms with van der Waals surface area (Å²) < 4.78 is 2.17. The molecule has 3 atom stereocenters. The van der Waals surface area contributed by atoms with Crippen LogP contribution in [0.25, 0.3) is 22.0 Å². The van der Waals surface area contributed by atoms with Crippen molar-refractivity contribution in [1.29, 1.82) is 0 Å². The Balaban J connectivity index is 1.20. The third kappa shape index (κ3) is 5.30. The van der Waals surface area contributed by atoms with Gasteiger partial charge in [-0.05, 0) is 70.9 Å². The van der Waals surface area contributed by atoms with Gasteiger partial charge in [0.15, 0.2) is 5.82 Å². The van der Waals surface area contributed by atoms with E-state index in [-0.39, 0.29) is 23.4 Å². The minimum atomic E-state index is -0.159. The number of halogens is 2. The van der Waals surface area contributed by atoms with E-state index in [1.165, 1.54) is 6.08 Å². The van der Waals surface area contributed by atoms with Gasteiger partial charge in [0, 0.05) is 86.0 Å². The minimum Gasteiger partial charge on any atom is -0.349 e. The summed E-state index contributed by atoms with van der Waals surface area (Å²) in [6.45, 7) is 17.4. The number of anilines is 1. The van der Waals surface area contributed by atoms with Crippen LogP contribution in [0, 0.1) is 12.8 Å². The molecular formula is C34H44Cl2N8O2. The highest BCUT2D eigenvalue weighted by molar-refractivity contribution is 6.45. The molecule has 1 unspecified atom stereocenters. The smallest absolute Gasteiger partial charge is 0.245 e. The second-order valence-corrected chi connectivity index (χ2v) is 15.2. The van der Waals surface area contributed by atoms with Gasteiger partial charge in [-0.1, -0.05) is 29.8 Å². The molecule has 7 heterocycles. The lowest BCUT2D eigenvalue weighted by Crippen LogP contribution is -2.70. The zero-order chi connectivity index (χ0) is 32.5. The predicted molar refractivity (Wildman–Crippen MR) is 182 cm³/mol. The number of aromatic amines is 1. The molecule has 1 aromatic carbocycles. The molecule has 12 heteroatoms. The number of rotatable bonds is 6. The standard InChI is InChI=1S/C34H44Cl2N8O2/c1-6-29(46)41-10-8-23(9-11-41)44-20(2)30(31-26-16-37-38-28(26)14-27(35)32(31)36)33(39-44)42-12-7-22(15-34(42,4)5)17-40-18-24-13-25(19-40)43(24)21(3)45/h6,14,16,22-25H,1,7-13,15,17-19H2,2-5H3,(H,37,38)/t22-,24+,25?/m1/s1. The number of fused-ring (bicyclic) bond motifs is 3. The van der Waals surface area contributed by atoms with Crippen LogP contribution in [0.4, 0.5) is 5.82 Å². The zero-order valence-electron chi connectivity index (χ0n) is 27.2. The Labute approximate surface area is 280 Å². The number of carbonyl (C=O) groups is 2. The maximum atomic E-state index is 12.3. The van der Waals surface area contributed by atoms with Gasteiger partial charge in [-0.25, -0.2) is 0 Å². The molecule has 5 aliphatic rings. The van der Waals surface area contributed by atoms with Crippen molar-refractivity contribution in [2.45, 2.75) is 83.5 Å². The summed E-state index contributed by atoms with van der Waals surface area (Å²) in [6.07, 6.45) is 8.08. The van der Waals surface area contributed by atoms with E-state index in [9.17, 15) is 9.59 Å². The van der Waals surface area contributed by atoms with Crippen molar-refractivity contribution in [3.63, 3.8) is 0 Å². The lowest BCUT2D eigenvalue weighted by atomic mass is 9.80. The lowest BCUT2D eigenvalue weighted by Gasteiger charge is -2.57. The first kappa shape index (κ1) is 31.5. The molecule has 0 aliphatic carbocycles. The van der Waals surface area contributed by atoms with Gasteiger partial charge in [0.25, 0.3) is 0 Å². The average molecular weight is 668 g/mol. The van der Waals surface area contributed by atoms with Gasteiger partial charge in [0.05, 0.1) is 27.8 Å². The molecular weight excluding hydrogens is 623 g/mol. The lowest BCUT2D eigenvalue weighted by molar-refractivity contribution is -0.151. The van der Waals surface area contributed by atoms with Gasteiger partial charge in [0.1, 0.15) is 0 Å². The molecule has 3 aromatic rings. The van der Waals surface area contributed by atoms with E-state index in [0.717, 1.165) is 91.8 Å². The topological polar surface area (TPSA) is 93.6 Å². The fourth-order valence-electron chi connectivity index (χ4n) is 8.88. The number of piperazine rings is 1. The Kier molecular flexibility index (Phi) is 8.13. The van der Waals surface area contributed by atoms with Crippen molar-refractivity contribution in [1.82, 2.24) is 34.7 Å². The first-order chi connectivity index (χ1) is 22.0. The Hall–Kier alpha value is -3.08. The highest BCUT2D eigenvalue weighted by Crippen LogP contribution is 2.48. The molecule has 0 saturated carbocycles. The predicted octanol–water partition coefficient (Wildman–Crippen LogP) is 5.69. The number of hydrogen-bond acceptors (Lipinski definition) is 6. The number of benzene rings is 1. The molecule has 46 heavy (non-hydrogen) atoms. The Morgan fingerprint density at radius 3 is 2.46 bits per heavy atom. The molecule has 8 rings (SSSR count). The summed E-state index contributed by atoms with van der Waals surface area (Å²) in [5.41, 5.74) is 3.57. The summed E-state index contributed by atoms with van der Waals surface area (Å²) in [6, 6.07) is 2.74. The fourth-order valence-corrected chi connectivity index (χ4v) is 9.34. The van der Waals surface area contributed by atoms with E-state index in [0.29, 0.717) is 41.1 Å². The van der Waals surface area contributed by atoms with E-state index in [1.807, 2.05) is 17.2 Å². The quantitative estimate of drug-likeness (QED) is 0.340. The van der Waals surface area contributed by atoms with Crippen LogP contribution in [0.1, 0.15) is 64.6 Å². The van der Waals surface area contributed by atoms with Gasteiger partial charge in [-0.15, -0.1) is 0 Å². The summed E-state index contributed by atoms with van der Waals surface area (Å²) in [5, 5.41) is 14.7. The number of carbonyl (C=O) groups excluding carboxylic acids is 2. The maximum Gasteiger partial charge on any atom is 0.245 e. The van der Waals surface area contributed by atoms with E-state index in [2.05, 4.69) is 56.9 Å². The number of amides is 2. The fraction of sp³-hybridized carbons (Fsp3) is 0.588. The molecule has 0 radical (unpaired) electrons. The molecule has 5 fully saturated rings. The monoisotopic (exact) mass is 666 g/mol. The molecule has 246 valence electrons. The Morgan fingerprint density at radius 2 is 1.80 bits per heavy atom. The highest BCUT2D eigenvalue weighted by Gasteiger charge is 2.47.